The molecule has 0 saturated carbocycles. The Hall–Kier alpha value is -0.120. The summed E-state index contributed by atoms with van der Waals surface area (Å²) in [5, 5.41) is 0. The fourth-order valence-electron chi connectivity index (χ4n) is 2.28. The van der Waals surface area contributed by atoms with Crippen LogP contribution in [-0.4, -0.2) is 43.3 Å². The molecule has 2 N–H and O–H groups in total. The summed E-state index contributed by atoms with van der Waals surface area (Å²) in [6, 6.07) is 0.704. The number of ether oxygens (including phenoxy) is 1. The molecule has 0 amide bonds. The second-order valence-corrected chi connectivity index (χ2v) is 5.74. The first-order chi connectivity index (χ1) is 7.48. The molecule has 2 atom stereocenters. The summed E-state index contributed by atoms with van der Waals surface area (Å²) in [4.78, 5) is 2.57. The normalized spacial score (nSPS) is 28.3. The number of likely N-dealkylation sites (tertiary alicyclic amines) is 1. The zero-order chi connectivity index (χ0) is 12.2. The maximum atomic E-state index is 5.77. The number of nitrogens with two attached hydrogens (primary N) is 1. The number of hydrogen-bond donors (Lipinski definition) is 1. The van der Waals surface area contributed by atoms with E-state index in [1.165, 1.54) is 12.8 Å². The van der Waals surface area contributed by atoms with Crippen LogP contribution < -0.4 is 5.73 Å². The summed E-state index contributed by atoms with van der Waals surface area (Å²) in [7, 11) is 1.79. The molecule has 1 aliphatic heterocycles. The van der Waals surface area contributed by atoms with Gasteiger partial charge in [-0.1, -0.05) is 0 Å². The van der Waals surface area contributed by atoms with Gasteiger partial charge in [0.1, 0.15) is 0 Å². The first-order valence-corrected chi connectivity index (χ1v) is 6.48. The Labute approximate surface area is 100 Å². The highest BCUT2D eigenvalue weighted by Gasteiger charge is 2.26. The van der Waals surface area contributed by atoms with Crippen LogP contribution in [0.1, 0.15) is 40.0 Å². The molecule has 0 bridgehead atoms. The molecule has 1 rings (SSSR count). The average molecular weight is 228 g/mol. The van der Waals surface area contributed by atoms with Crippen molar-refractivity contribution in [3.05, 3.63) is 0 Å². The van der Waals surface area contributed by atoms with Gasteiger partial charge in [-0.05, 0) is 52.5 Å². The van der Waals surface area contributed by atoms with Crippen molar-refractivity contribution in [3.63, 3.8) is 0 Å². The van der Waals surface area contributed by atoms with Crippen molar-refractivity contribution in [2.24, 2.45) is 11.7 Å². The molecule has 0 aliphatic carbocycles. The van der Waals surface area contributed by atoms with Crippen LogP contribution in [0.3, 0.4) is 0 Å². The quantitative estimate of drug-likeness (QED) is 0.780. The monoisotopic (exact) mass is 228 g/mol. The maximum Gasteiger partial charge on any atom is 0.0634 e. The minimum Gasteiger partial charge on any atom is -0.379 e. The summed E-state index contributed by atoms with van der Waals surface area (Å²) in [6.07, 6.45) is 3.67. The molecular weight excluding hydrogens is 200 g/mol. The van der Waals surface area contributed by atoms with Gasteiger partial charge >= 0.3 is 0 Å². The molecule has 0 aromatic heterocycles. The predicted octanol–water partition coefficient (Wildman–Crippen LogP) is 1.86. The highest BCUT2D eigenvalue weighted by Crippen LogP contribution is 2.23. The predicted molar refractivity (Wildman–Crippen MR) is 68.5 cm³/mol. The standard InChI is InChI=1S/C13H28N2O/c1-11-5-6-12(9-14)10-15(11)8-7-13(2,3)16-4/h11-12H,5-10,14H2,1-4H3. The third kappa shape index (κ3) is 4.04. The van der Waals surface area contributed by atoms with Crippen LogP contribution >= 0.6 is 0 Å². The van der Waals surface area contributed by atoms with Gasteiger partial charge in [0, 0.05) is 26.2 Å². The lowest BCUT2D eigenvalue weighted by atomic mass is 9.92. The van der Waals surface area contributed by atoms with Gasteiger partial charge in [-0.15, -0.1) is 0 Å². The fourth-order valence-corrected chi connectivity index (χ4v) is 2.28. The third-order valence-corrected chi connectivity index (χ3v) is 4.00. The Balaban J connectivity index is 2.39. The zero-order valence-corrected chi connectivity index (χ0v) is 11.3. The topological polar surface area (TPSA) is 38.5 Å². The van der Waals surface area contributed by atoms with Crippen molar-refractivity contribution in [3.8, 4) is 0 Å². The molecule has 1 fully saturated rings. The van der Waals surface area contributed by atoms with E-state index >= 15 is 0 Å². The van der Waals surface area contributed by atoms with Crippen LogP contribution in [0.2, 0.25) is 0 Å². The van der Waals surface area contributed by atoms with E-state index in [9.17, 15) is 0 Å². The molecule has 0 aromatic rings. The van der Waals surface area contributed by atoms with E-state index in [4.69, 9.17) is 10.5 Å². The Bertz CT molecular complexity index is 206. The number of nitrogens with zero attached hydrogens (tertiary/aromatic N) is 1. The third-order valence-electron chi connectivity index (χ3n) is 4.00. The highest BCUT2D eigenvalue weighted by atomic mass is 16.5. The van der Waals surface area contributed by atoms with Crippen LogP contribution in [-0.2, 0) is 4.74 Å². The van der Waals surface area contributed by atoms with Gasteiger partial charge in [-0.2, -0.15) is 0 Å². The van der Waals surface area contributed by atoms with Crippen LogP contribution in [0.4, 0.5) is 0 Å². The van der Waals surface area contributed by atoms with Gasteiger partial charge in [0.05, 0.1) is 5.60 Å². The summed E-state index contributed by atoms with van der Waals surface area (Å²) >= 11 is 0. The second-order valence-electron chi connectivity index (χ2n) is 5.74. The number of methoxy groups -OCH3 is 1. The lowest BCUT2D eigenvalue weighted by molar-refractivity contribution is -0.00107. The van der Waals surface area contributed by atoms with Gasteiger partial charge < -0.3 is 15.4 Å². The Morgan fingerprint density at radius 1 is 1.38 bits per heavy atom. The van der Waals surface area contributed by atoms with E-state index in [1.807, 2.05) is 0 Å². The Morgan fingerprint density at radius 2 is 2.06 bits per heavy atom. The molecule has 16 heavy (non-hydrogen) atoms. The van der Waals surface area contributed by atoms with Gasteiger partial charge in [0.15, 0.2) is 0 Å². The first-order valence-electron chi connectivity index (χ1n) is 6.48. The van der Waals surface area contributed by atoms with E-state index < -0.39 is 0 Å². The van der Waals surface area contributed by atoms with Crippen LogP contribution in [0, 0.1) is 5.92 Å². The number of rotatable bonds is 5. The van der Waals surface area contributed by atoms with Crippen LogP contribution in [0.15, 0.2) is 0 Å². The Kier molecular flexibility index (Phi) is 5.22. The van der Waals surface area contributed by atoms with Crippen molar-refractivity contribution in [2.45, 2.75) is 51.7 Å². The number of hydrogen-bond acceptors (Lipinski definition) is 3. The minimum atomic E-state index is -0.00458. The molecule has 0 radical (unpaired) electrons. The molecule has 3 nitrogen and oxygen atoms in total. The second kappa shape index (κ2) is 5.99. The van der Waals surface area contributed by atoms with E-state index in [0.29, 0.717) is 12.0 Å². The lowest BCUT2D eigenvalue weighted by Gasteiger charge is -2.39. The largest absolute Gasteiger partial charge is 0.379 e. The van der Waals surface area contributed by atoms with Crippen molar-refractivity contribution in [1.82, 2.24) is 4.90 Å². The summed E-state index contributed by atoms with van der Waals surface area (Å²) in [5.41, 5.74) is 5.76. The van der Waals surface area contributed by atoms with E-state index in [1.54, 1.807) is 7.11 Å². The molecule has 1 aliphatic rings. The van der Waals surface area contributed by atoms with Crippen LogP contribution in [0.5, 0.6) is 0 Å². The SMILES string of the molecule is COC(C)(C)CCN1CC(CN)CCC1C. The smallest absolute Gasteiger partial charge is 0.0634 e. The molecule has 96 valence electrons. The minimum absolute atomic E-state index is 0.00458. The molecule has 1 heterocycles. The molecule has 0 aromatic carbocycles. The molecule has 0 spiro atoms. The van der Waals surface area contributed by atoms with Gasteiger partial charge in [0.2, 0.25) is 0 Å². The lowest BCUT2D eigenvalue weighted by Crippen LogP contribution is -2.45. The van der Waals surface area contributed by atoms with Gasteiger partial charge in [-0.3, -0.25) is 0 Å². The average Bonchev–Trinajstić information content (AvgIpc) is 2.28. The van der Waals surface area contributed by atoms with Gasteiger partial charge in [0.25, 0.3) is 0 Å². The van der Waals surface area contributed by atoms with Gasteiger partial charge in [-0.25, -0.2) is 0 Å². The summed E-state index contributed by atoms with van der Waals surface area (Å²) in [5.74, 6) is 0.696. The van der Waals surface area contributed by atoms with Crippen molar-refractivity contribution < 1.29 is 4.74 Å². The molecular formula is C13H28N2O. The van der Waals surface area contributed by atoms with Crippen molar-refractivity contribution in [1.29, 1.82) is 0 Å². The van der Waals surface area contributed by atoms with Crippen molar-refractivity contribution >= 4 is 0 Å². The maximum absolute atomic E-state index is 5.77. The van der Waals surface area contributed by atoms with E-state index in [2.05, 4.69) is 25.7 Å². The number of piperidine rings is 1. The van der Waals surface area contributed by atoms with Crippen molar-refractivity contribution in [2.75, 3.05) is 26.7 Å². The molecule has 3 heteroatoms. The zero-order valence-electron chi connectivity index (χ0n) is 11.3. The van der Waals surface area contributed by atoms with E-state index in [-0.39, 0.29) is 5.60 Å². The highest BCUT2D eigenvalue weighted by molar-refractivity contribution is 4.81. The van der Waals surface area contributed by atoms with E-state index in [0.717, 1.165) is 26.1 Å². The summed E-state index contributed by atoms with van der Waals surface area (Å²) < 4.78 is 5.47. The van der Waals surface area contributed by atoms with Crippen LogP contribution in [0.25, 0.3) is 0 Å². The fraction of sp³-hybridized carbons (Fsp3) is 1.00. The first kappa shape index (κ1) is 13.9. The molecule has 2 unspecified atom stereocenters. The summed E-state index contributed by atoms with van der Waals surface area (Å²) in [6.45, 7) is 9.75. The molecule has 1 saturated heterocycles. The Morgan fingerprint density at radius 3 is 2.62 bits per heavy atom.